The predicted octanol–water partition coefficient (Wildman–Crippen LogP) is -0.226. The molecule has 0 unspecified atom stereocenters. The van der Waals surface area contributed by atoms with Gasteiger partial charge >= 0.3 is 10.3 Å². The van der Waals surface area contributed by atoms with Crippen LogP contribution >= 0.6 is 0 Å². The largest absolute Gasteiger partial charge is 0.330 e. The van der Waals surface area contributed by atoms with Gasteiger partial charge < -0.3 is 0 Å². The minimum atomic E-state index is -4.17. The highest BCUT2D eigenvalue weighted by molar-refractivity contribution is 7.83. The Labute approximate surface area is 43.2 Å². The van der Waals surface area contributed by atoms with E-state index >= 15 is 0 Å². The molecule has 3 N–H and O–H groups in total. The van der Waals surface area contributed by atoms with Crippen LogP contribution in [0.3, 0.4) is 0 Å². The van der Waals surface area contributed by atoms with Gasteiger partial charge in [-0.2, -0.15) is 8.42 Å². The maximum absolute atomic E-state index is 8.97. The second kappa shape index (κ2) is 4.04. The Balaban J connectivity index is 0. The van der Waals surface area contributed by atoms with Crippen LogP contribution in [0.15, 0.2) is 0 Å². The van der Waals surface area contributed by atoms with E-state index in [9.17, 15) is 0 Å². The van der Waals surface area contributed by atoms with E-state index in [1.165, 1.54) is 0 Å². The van der Waals surface area contributed by atoms with Crippen molar-refractivity contribution in [1.82, 2.24) is 0 Å². The minimum absolute atomic E-state index is 2.00. The summed E-state index contributed by atoms with van der Waals surface area (Å²) < 4.78 is 25.2. The minimum Gasteiger partial charge on any atom is -0.274 e. The Bertz CT molecular complexity index is 96.1. The van der Waals surface area contributed by atoms with Crippen molar-refractivity contribution < 1.29 is 13.0 Å². The van der Waals surface area contributed by atoms with Crippen LogP contribution in [0.25, 0.3) is 0 Å². The SMILES string of the molecule is CC.NS(=O)(=O)O. The van der Waals surface area contributed by atoms with Gasteiger partial charge in [0, 0.05) is 0 Å². The molecule has 0 aliphatic heterocycles. The zero-order valence-corrected chi connectivity index (χ0v) is 5.07. The van der Waals surface area contributed by atoms with Crippen LogP contribution in [-0.2, 0) is 10.3 Å². The topological polar surface area (TPSA) is 80.4 Å². The summed E-state index contributed by atoms with van der Waals surface area (Å²) in [6.45, 7) is 4.00. The first-order valence-corrected chi connectivity index (χ1v) is 3.25. The van der Waals surface area contributed by atoms with Gasteiger partial charge in [-0.3, -0.25) is 4.55 Å². The Morgan fingerprint density at radius 2 is 1.43 bits per heavy atom. The van der Waals surface area contributed by atoms with Gasteiger partial charge in [-0.15, -0.1) is 0 Å². The van der Waals surface area contributed by atoms with Crippen molar-refractivity contribution in [2.24, 2.45) is 5.14 Å². The molecule has 0 spiro atoms. The lowest BCUT2D eigenvalue weighted by Gasteiger charge is -1.70. The van der Waals surface area contributed by atoms with Crippen molar-refractivity contribution >= 4 is 10.3 Å². The van der Waals surface area contributed by atoms with Crippen molar-refractivity contribution in [3.63, 3.8) is 0 Å². The summed E-state index contributed by atoms with van der Waals surface area (Å²) in [5.74, 6) is 0. The van der Waals surface area contributed by atoms with E-state index < -0.39 is 10.3 Å². The molecule has 0 aromatic rings. The average Bonchev–Trinajstić information content (AvgIpc) is 1.36. The highest BCUT2D eigenvalue weighted by Crippen LogP contribution is 1.50. The van der Waals surface area contributed by atoms with Crippen molar-refractivity contribution in [2.75, 3.05) is 0 Å². The van der Waals surface area contributed by atoms with Crippen molar-refractivity contribution in [2.45, 2.75) is 13.8 Å². The van der Waals surface area contributed by atoms with Crippen molar-refractivity contribution in [3.05, 3.63) is 0 Å². The highest BCUT2D eigenvalue weighted by atomic mass is 32.2. The average molecular weight is 127 g/mol. The van der Waals surface area contributed by atoms with E-state index in [2.05, 4.69) is 5.14 Å². The smallest absolute Gasteiger partial charge is 0.274 e. The predicted molar refractivity (Wildman–Crippen MR) is 27.1 cm³/mol. The number of hydrogen-bond donors (Lipinski definition) is 2. The summed E-state index contributed by atoms with van der Waals surface area (Å²) in [5, 5.41) is 3.88. The molecule has 0 aliphatic rings. The quantitative estimate of drug-likeness (QED) is 0.441. The fraction of sp³-hybridized carbons (Fsp3) is 1.00. The van der Waals surface area contributed by atoms with Crippen LogP contribution in [0.1, 0.15) is 13.8 Å². The third-order valence-electron chi connectivity index (χ3n) is 0. The lowest BCUT2D eigenvalue weighted by Crippen LogP contribution is -2.08. The van der Waals surface area contributed by atoms with Crippen LogP contribution in [0.5, 0.6) is 0 Å². The van der Waals surface area contributed by atoms with E-state index in [0.717, 1.165) is 0 Å². The molecular formula is C2H9NO3S. The fourth-order valence-corrected chi connectivity index (χ4v) is 0. The fourth-order valence-electron chi connectivity index (χ4n) is 0. The van der Waals surface area contributed by atoms with Gasteiger partial charge in [0.1, 0.15) is 0 Å². The monoisotopic (exact) mass is 127 g/mol. The summed E-state index contributed by atoms with van der Waals surface area (Å²) in [4.78, 5) is 0. The maximum Gasteiger partial charge on any atom is 0.330 e. The molecule has 0 heterocycles. The van der Waals surface area contributed by atoms with E-state index in [4.69, 9.17) is 13.0 Å². The summed E-state index contributed by atoms with van der Waals surface area (Å²) in [6.07, 6.45) is 0. The van der Waals surface area contributed by atoms with E-state index in [1.807, 2.05) is 13.8 Å². The van der Waals surface area contributed by atoms with Gasteiger partial charge in [-0.1, -0.05) is 13.8 Å². The summed E-state index contributed by atoms with van der Waals surface area (Å²) >= 11 is 0. The molecule has 4 nitrogen and oxygen atoms in total. The normalized spacial score (nSPS) is 9.14. The summed E-state index contributed by atoms with van der Waals surface area (Å²) in [7, 11) is -4.17. The second-order valence-electron chi connectivity index (χ2n) is 0.515. The van der Waals surface area contributed by atoms with Gasteiger partial charge in [0.15, 0.2) is 0 Å². The van der Waals surface area contributed by atoms with Crippen LogP contribution in [0.4, 0.5) is 0 Å². The summed E-state index contributed by atoms with van der Waals surface area (Å²) in [5.41, 5.74) is 0. The molecule has 0 aliphatic carbocycles. The molecule has 0 aromatic carbocycles. The zero-order valence-electron chi connectivity index (χ0n) is 4.25. The number of nitrogens with two attached hydrogens (primary N) is 1. The van der Waals surface area contributed by atoms with E-state index in [1.54, 1.807) is 0 Å². The van der Waals surface area contributed by atoms with Crippen LogP contribution in [0.2, 0.25) is 0 Å². The van der Waals surface area contributed by atoms with Crippen LogP contribution in [-0.4, -0.2) is 13.0 Å². The molecule has 0 atom stereocenters. The molecule has 0 rings (SSSR count). The second-order valence-corrected chi connectivity index (χ2v) is 1.54. The molecule has 7 heavy (non-hydrogen) atoms. The van der Waals surface area contributed by atoms with Gasteiger partial charge in [0.25, 0.3) is 0 Å². The molecule has 0 fully saturated rings. The van der Waals surface area contributed by atoms with Crippen molar-refractivity contribution in [3.8, 4) is 0 Å². The van der Waals surface area contributed by atoms with Gasteiger partial charge in [-0.25, -0.2) is 5.14 Å². The Kier molecular flexibility index (Phi) is 5.76. The van der Waals surface area contributed by atoms with Crippen molar-refractivity contribution in [1.29, 1.82) is 0 Å². The highest BCUT2D eigenvalue weighted by Gasteiger charge is 1.81. The third-order valence-corrected chi connectivity index (χ3v) is 0. The first-order valence-electron chi connectivity index (χ1n) is 1.75. The molecule has 5 heteroatoms. The molecule has 0 saturated heterocycles. The van der Waals surface area contributed by atoms with E-state index in [-0.39, 0.29) is 0 Å². The van der Waals surface area contributed by atoms with Crippen LogP contribution in [0, 0.1) is 0 Å². The molecule has 0 radical (unpaired) electrons. The van der Waals surface area contributed by atoms with Gasteiger partial charge in [0.05, 0.1) is 0 Å². The number of rotatable bonds is 0. The molecule has 46 valence electrons. The lowest BCUT2D eigenvalue weighted by atomic mass is 11.0. The molecule has 0 saturated carbocycles. The third kappa shape index (κ3) is 5200. The zero-order chi connectivity index (χ0) is 6.50. The number of hydrogen-bond acceptors (Lipinski definition) is 2. The lowest BCUT2D eigenvalue weighted by molar-refractivity contribution is 0.485. The molecule has 0 bridgehead atoms. The van der Waals surface area contributed by atoms with Crippen LogP contribution < -0.4 is 5.14 Å². The van der Waals surface area contributed by atoms with Gasteiger partial charge in [-0.05, 0) is 0 Å². The Morgan fingerprint density at radius 3 is 1.43 bits per heavy atom. The first-order chi connectivity index (χ1) is 3.00. The van der Waals surface area contributed by atoms with Gasteiger partial charge in [0.2, 0.25) is 0 Å². The molecule has 0 aromatic heterocycles. The Hall–Kier alpha value is -0.130. The first kappa shape index (κ1) is 9.98. The molecule has 0 amide bonds. The standard InChI is InChI=1S/C2H6.H3NO3S/c1-2;1-5(2,3)4/h1-2H3;(H3,1,2,3,4). The molecular weight excluding hydrogens is 118 g/mol. The summed E-state index contributed by atoms with van der Waals surface area (Å²) in [6, 6.07) is 0. The maximum atomic E-state index is 8.97. The Morgan fingerprint density at radius 1 is 1.43 bits per heavy atom. The van der Waals surface area contributed by atoms with E-state index in [0.29, 0.717) is 0 Å².